The smallest absolute Gasteiger partial charge is 0.316 e. The fourth-order valence-electron chi connectivity index (χ4n) is 1.37. The van der Waals surface area contributed by atoms with Gasteiger partial charge in [-0.2, -0.15) is 0 Å². The molecule has 0 aromatic heterocycles. The van der Waals surface area contributed by atoms with Crippen molar-refractivity contribution >= 4 is 23.4 Å². The number of carboxylic acid groups (broad SMARTS) is 1. The zero-order chi connectivity index (χ0) is 12.8. The second-order valence-corrected chi connectivity index (χ2v) is 4.62. The Morgan fingerprint density at radius 2 is 2.18 bits per heavy atom. The van der Waals surface area contributed by atoms with Crippen molar-refractivity contribution in [1.82, 2.24) is 0 Å². The molecule has 0 heterocycles. The maximum atomic E-state index is 10.8. The molecule has 0 bridgehead atoms. The van der Waals surface area contributed by atoms with Gasteiger partial charge in [0.25, 0.3) is 5.69 Å². The Morgan fingerprint density at radius 1 is 1.53 bits per heavy atom. The predicted octanol–water partition coefficient (Wildman–Crippen LogP) is 2.69. The van der Waals surface area contributed by atoms with Crippen LogP contribution >= 0.6 is 11.8 Å². The normalized spacial score (nSPS) is 12.1. The number of carboxylic acids is 1. The van der Waals surface area contributed by atoms with Gasteiger partial charge >= 0.3 is 5.97 Å². The third-order valence-electron chi connectivity index (χ3n) is 2.27. The first-order valence-corrected chi connectivity index (χ1v) is 6.17. The summed E-state index contributed by atoms with van der Waals surface area (Å²) in [5.41, 5.74) is 0.599. The molecular formula is C11H13NO4S. The Balaban J connectivity index is 2.75. The molecule has 0 aliphatic rings. The van der Waals surface area contributed by atoms with Crippen molar-refractivity contribution in [2.45, 2.75) is 24.3 Å². The van der Waals surface area contributed by atoms with Crippen LogP contribution in [0.4, 0.5) is 5.69 Å². The Labute approximate surface area is 103 Å². The number of hydrogen-bond acceptors (Lipinski definition) is 4. The summed E-state index contributed by atoms with van der Waals surface area (Å²) in [6.07, 6.45) is 0.501. The van der Waals surface area contributed by atoms with E-state index in [0.29, 0.717) is 17.7 Å². The van der Waals surface area contributed by atoms with E-state index in [1.54, 1.807) is 25.1 Å². The van der Waals surface area contributed by atoms with E-state index in [4.69, 9.17) is 5.11 Å². The van der Waals surface area contributed by atoms with Gasteiger partial charge in [-0.25, -0.2) is 0 Å². The number of para-hydroxylation sites is 1. The maximum Gasteiger partial charge on any atom is 0.316 e. The Kier molecular flexibility index (Phi) is 4.96. The van der Waals surface area contributed by atoms with Crippen molar-refractivity contribution in [3.05, 3.63) is 39.9 Å². The molecule has 0 saturated heterocycles. The van der Waals surface area contributed by atoms with Crippen molar-refractivity contribution in [3.63, 3.8) is 0 Å². The summed E-state index contributed by atoms with van der Waals surface area (Å²) in [5.74, 6) is -0.543. The van der Waals surface area contributed by atoms with Crippen molar-refractivity contribution in [1.29, 1.82) is 0 Å². The largest absolute Gasteiger partial charge is 0.480 e. The number of nitro groups is 1. The number of nitrogens with zero attached hydrogens (tertiary/aromatic N) is 1. The number of benzene rings is 1. The first-order chi connectivity index (χ1) is 8.06. The van der Waals surface area contributed by atoms with E-state index in [9.17, 15) is 14.9 Å². The molecule has 5 nitrogen and oxygen atoms in total. The second-order valence-electron chi connectivity index (χ2n) is 3.43. The highest BCUT2D eigenvalue weighted by molar-refractivity contribution is 7.99. The van der Waals surface area contributed by atoms with E-state index in [2.05, 4.69) is 0 Å². The molecule has 0 spiro atoms. The van der Waals surface area contributed by atoms with E-state index in [0.717, 1.165) is 0 Å². The first-order valence-electron chi connectivity index (χ1n) is 5.13. The van der Waals surface area contributed by atoms with E-state index < -0.39 is 16.1 Å². The van der Waals surface area contributed by atoms with Gasteiger partial charge in [0.2, 0.25) is 0 Å². The lowest BCUT2D eigenvalue weighted by atomic mass is 10.2. The maximum absolute atomic E-state index is 10.8. The van der Waals surface area contributed by atoms with Gasteiger partial charge in [0.15, 0.2) is 0 Å². The predicted molar refractivity (Wildman–Crippen MR) is 66.1 cm³/mol. The summed E-state index contributed by atoms with van der Waals surface area (Å²) in [6, 6.07) is 6.39. The summed E-state index contributed by atoms with van der Waals surface area (Å²) >= 11 is 1.21. The third-order valence-corrected chi connectivity index (χ3v) is 3.69. The number of rotatable bonds is 6. The molecule has 1 N–H and O–H groups in total. The van der Waals surface area contributed by atoms with Crippen molar-refractivity contribution in [3.8, 4) is 0 Å². The Hall–Kier alpha value is -1.56. The van der Waals surface area contributed by atoms with E-state index in [1.807, 2.05) is 0 Å². The van der Waals surface area contributed by atoms with Crippen LogP contribution in [0.25, 0.3) is 0 Å². The van der Waals surface area contributed by atoms with Crippen LogP contribution in [-0.4, -0.2) is 21.2 Å². The molecule has 0 radical (unpaired) electrons. The number of nitro benzene ring substituents is 1. The average Bonchev–Trinajstić information content (AvgIpc) is 2.29. The first kappa shape index (κ1) is 13.5. The van der Waals surface area contributed by atoms with E-state index in [-0.39, 0.29) is 5.69 Å². The van der Waals surface area contributed by atoms with Gasteiger partial charge in [0.05, 0.1) is 4.92 Å². The summed E-state index contributed by atoms with van der Waals surface area (Å²) in [4.78, 5) is 21.1. The topological polar surface area (TPSA) is 80.4 Å². The summed E-state index contributed by atoms with van der Waals surface area (Å²) in [5, 5.41) is 19.1. The Bertz CT molecular complexity index is 422. The lowest BCUT2D eigenvalue weighted by Gasteiger charge is -2.09. The zero-order valence-electron chi connectivity index (χ0n) is 9.33. The Morgan fingerprint density at radius 3 is 2.71 bits per heavy atom. The van der Waals surface area contributed by atoms with Crippen LogP contribution in [0.1, 0.15) is 18.9 Å². The van der Waals surface area contributed by atoms with Crippen LogP contribution in [0.5, 0.6) is 0 Å². The highest BCUT2D eigenvalue weighted by atomic mass is 32.2. The highest BCUT2D eigenvalue weighted by Gasteiger charge is 2.18. The number of aliphatic carboxylic acids is 1. The van der Waals surface area contributed by atoms with Crippen molar-refractivity contribution < 1.29 is 14.8 Å². The quantitative estimate of drug-likeness (QED) is 0.624. The van der Waals surface area contributed by atoms with Gasteiger partial charge < -0.3 is 5.11 Å². The summed E-state index contributed by atoms with van der Waals surface area (Å²) in [7, 11) is 0. The number of hydrogen-bond donors (Lipinski definition) is 1. The molecule has 1 aromatic rings. The van der Waals surface area contributed by atoms with Crippen LogP contribution in [-0.2, 0) is 10.5 Å². The highest BCUT2D eigenvalue weighted by Crippen LogP contribution is 2.26. The molecule has 0 aliphatic heterocycles. The molecule has 17 heavy (non-hydrogen) atoms. The van der Waals surface area contributed by atoms with Gasteiger partial charge in [-0.3, -0.25) is 14.9 Å². The molecule has 6 heteroatoms. The molecular weight excluding hydrogens is 242 g/mol. The van der Waals surface area contributed by atoms with Gasteiger partial charge in [-0.05, 0) is 6.42 Å². The minimum absolute atomic E-state index is 0.0419. The monoisotopic (exact) mass is 255 g/mol. The van der Waals surface area contributed by atoms with Crippen LogP contribution in [0.3, 0.4) is 0 Å². The van der Waals surface area contributed by atoms with Gasteiger partial charge in [-0.15, -0.1) is 11.8 Å². The minimum atomic E-state index is -0.879. The van der Waals surface area contributed by atoms with E-state index in [1.165, 1.54) is 17.8 Å². The van der Waals surface area contributed by atoms with Crippen LogP contribution < -0.4 is 0 Å². The minimum Gasteiger partial charge on any atom is -0.480 e. The average molecular weight is 255 g/mol. The second kappa shape index (κ2) is 6.24. The third kappa shape index (κ3) is 3.74. The van der Waals surface area contributed by atoms with E-state index >= 15 is 0 Å². The van der Waals surface area contributed by atoms with Gasteiger partial charge in [0, 0.05) is 17.4 Å². The molecule has 0 saturated carbocycles. The molecule has 1 aromatic carbocycles. The summed E-state index contributed by atoms with van der Waals surface area (Å²) < 4.78 is 0. The molecule has 0 amide bonds. The SMILES string of the molecule is CCC(SCc1ccccc1[N+](=O)[O-])C(=O)O. The molecule has 1 atom stereocenters. The van der Waals surface area contributed by atoms with Crippen LogP contribution in [0, 0.1) is 10.1 Å². The molecule has 1 unspecified atom stereocenters. The van der Waals surface area contributed by atoms with Gasteiger partial charge in [0.1, 0.15) is 5.25 Å². The van der Waals surface area contributed by atoms with Crippen LogP contribution in [0.15, 0.2) is 24.3 Å². The summed E-state index contributed by atoms with van der Waals surface area (Å²) in [6.45, 7) is 1.78. The molecule has 0 aliphatic carbocycles. The standard InChI is InChI=1S/C11H13NO4S/c1-2-10(11(13)14)17-7-8-5-3-4-6-9(8)12(15)16/h3-6,10H,2,7H2,1H3,(H,13,14). The fourth-order valence-corrected chi connectivity index (χ4v) is 2.37. The fraction of sp³-hybridized carbons (Fsp3) is 0.364. The lowest BCUT2D eigenvalue weighted by Crippen LogP contribution is -2.15. The molecule has 92 valence electrons. The number of carbonyl (C=O) groups is 1. The lowest BCUT2D eigenvalue weighted by molar-refractivity contribution is -0.385. The van der Waals surface area contributed by atoms with Crippen LogP contribution in [0.2, 0.25) is 0 Å². The zero-order valence-corrected chi connectivity index (χ0v) is 10.1. The molecule has 0 fully saturated rings. The van der Waals surface area contributed by atoms with Crippen molar-refractivity contribution in [2.75, 3.05) is 0 Å². The number of thioether (sulfide) groups is 1. The van der Waals surface area contributed by atoms with Crippen molar-refractivity contribution in [2.24, 2.45) is 0 Å². The molecule has 1 rings (SSSR count). The van der Waals surface area contributed by atoms with Gasteiger partial charge in [-0.1, -0.05) is 25.1 Å².